The van der Waals surface area contributed by atoms with Gasteiger partial charge < -0.3 is 24.8 Å². The van der Waals surface area contributed by atoms with E-state index in [2.05, 4.69) is 36.0 Å². The van der Waals surface area contributed by atoms with Crippen molar-refractivity contribution in [2.75, 3.05) is 33.2 Å². The number of hydrogen-bond acceptors (Lipinski definition) is 6. The molecular weight excluding hydrogens is 444 g/mol. The number of halogens is 1. The van der Waals surface area contributed by atoms with Crippen LogP contribution in [0.15, 0.2) is 40.9 Å². The summed E-state index contributed by atoms with van der Waals surface area (Å²) < 4.78 is 15.6. The number of amides is 2. The van der Waals surface area contributed by atoms with Gasteiger partial charge in [0.05, 0.1) is 32.5 Å². The fraction of sp³-hybridized carbons (Fsp3) is 0.250. The fourth-order valence-electron chi connectivity index (χ4n) is 2.60. The molecule has 0 radical (unpaired) electrons. The van der Waals surface area contributed by atoms with Gasteiger partial charge in [0, 0.05) is 16.7 Å². The molecule has 2 aromatic rings. The van der Waals surface area contributed by atoms with Crippen molar-refractivity contribution in [3.05, 3.63) is 57.6 Å². The summed E-state index contributed by atoms with van der Waals surface area (Å²) in [6, 6.07) is 9.30. The summed E-state index contributed by atoms with van der Waals surface area (Å²) in [6.45, 7) is 0.346. The summed E-state index contributed by atoms with van der Waals surface area (Å²) in [6.07, 6.45) is 0.547. The SMILES string of the molecule is COC(=O)c1cc(NC(=O)NCCc2cc(Br)ccc2OC)cc(C(=O)OC)c1. The Labute approximate surface area is 176 Å². The number of anilines is 1. The number of benzene rings is 2. The van der Waals surface area contributed by atoms with Crippen LogP contribution in [-0.2, 0) is 15.9 Å². The van der Waals surface area contributed by atoms with Crippen LogP contribution in [0.5, 0.6) is 5.75 Å². The van der Waals surface area contributed by atoms with Crippen LogP contribution in [0.4, 0.5) is 10.5 Å². The minimum absolute atomic E-state index is 0.115. The number of esters is 2. The standard InChI is InChI=1S/C20H21BrN2O6/c1-27-17-5-4-15(21)9-12(17)6-7-22-20(26)23-16-10-13(18(24)28-2)8-14(11-16)19(25)29-3/h4-5,8-11H,6-7H2,1-3H3,(H2,22,23,26). The van der Waals surface area contributed by atoms with E-state index in [0.29, 0.717) is 13.0 Å². The molecule has 0 saturated heterocycles. The lowest BCUT2D eigenvalue weighted by Gasteiger charge is -2.12. The molecule has 0 saturated carbocycles. The van der Waals surface area contributed by atoms with Gasteiger partial charge in [0.15, 0.2) is 0 Å². The van der Waals surface area contributed by atoms with E-state index in [1.165, 1.54) is 32.4 Å². The topological polar surface area (TPSA) is 103 Å². The smallest absolute Gasteiger partial charge is 0.337 e. The number of hydrogen-bond donors (Lipinski definition) is 2. The number of carbonyl (C=O) groups excluding carboxylic acids is 3. The minimum Gasteiger partial charge on any atom is -0.496 e. The molecule has 2 amide bonds. The molecule has 154 valence electrons. The number of methoxy groups -OCH3 is 3. The predicted octanol–water partition coefficient (Wildman–Crippen LogP) is 3.40. The molecule has 0 fully saturated rings. The third-order valence-electron chi connectivity index (χ3n) is 3.96. The summed E-state index contributed by atoms with van der Waals surface area (Å²) in [4.78, 5) is 35.9. The quantitative estimate of drug-likeness (QED) is 0.608. The number of nitrogens with one attached hydrogen (secondary N) is 2. The van der Waals surface area contributed by atoms with Gasteiger partial charge in [-0.2, -0.15) is 0 Å². The Morgan fingerprint density at radius 2 is 1.55 bits per heavy atom. The molecule has 0 aromatic heterocycles. The van der Waals surface area contributed by atoms with Crippen LogP contribution >= 0.6 is 15.9 Å². The highest BCUT2D eigenvalue weighted by Gasteiger charge is 2.15. The van der Waals surface area contributed by atoms with Crippen molar-refractivity contribution >= 4 is 39.6 Å². The minimum atomic E-state index is -0.638. The third-order valence-corrected chi connectivity index (χ3v) is 4.45. The fourth-order valence-corrected chi connectivity index (χ4v) is 3.01. The van der Waals surface area contributed by atoms with Gasteiger partial charge >= 0.3 is 18.0 Å². The van der Waals surface area contributed by atoms with Gasteiger partial charge in [-0.3, -0.25) is 0 Å². The van der Waals surface area contributed by atoms with Crippen molar-refractivity contribution in [3.63, 3.8) is 0 Å². The Balaban J connectivity index is 2.05. The summed E-state index contributed by atoms with van der Waals surface area (Å²) in [5.41, 5.74) is 1.42. The molecule has 9 heteroatoms. The normalized spacial score (nSPS) is 10.1. The van der Waals surface area contributed by atoms with Gasteiger partial charge in [-0.05, 0) is 48.4 Å². The molecule has 0 bridgehead atoms. The van der Waals surface area contributed by atoms with Gasteiger partial charge in [-0.1, -0.05) is 15.9 Å². The van der Waals surface area contributed by atoms with Gasteiger partial charge in [-0.15, -0.1) is 0 Å². The molecule has 0 heterocycles. The first-order valence-electron chi connectivity index (χ1n) is 8.57. The molecule has 0 aliphatic rings. The van der Waals surface area contributed by atoms with Crippen molar-refractivity contribution in [2.24, 2.45) is 0 Å². The molecule has 0 atom stereocenters. The second-order valence-corrected chi connectivity index (χ2v) is 6.78. The number of rotatable bonds is 7. The molecule has 0 aliphatic heterocycles. The van der Waals surface area contributed by atoms with Crippen molar-refractivity contribution in [3.8, 4) is 5.75 Å². The van der Waals surface area contributed by atoms with Crippen LogP contribution in [0.3, 0.4) is 0 Å². The van der Waals surface area contributed by atoms with E-state index >= 15 is 0 Å². The number of carbonyl (C=O) groups is 3. The third kappa shape index (κ3) is 6.21. The second kappa shape index (κ2) is 10.5. The first kappa shape index (κ1) is 22.2. The van der Waals surface area contributed by atoms with Crippen LogP contribution in [0.25, 0.3) is 0 Å². The van der Waals surface area contributed by atoms with Crippen LogP contribution in [0, 0.1) is 0 Å². The molecule has 29 heavy (non-hydrogen) atoms. The highest BCUT2D eigenvalue weighted by atomic mass is 79.9. The van der Waals surface area contributed by atoms with Crippen molar-refractivity contribution in [1.29, 1.82) is 0 Å². The molecule has 2 aromatic carbocycles. The van der Waals surface area contributed by atoms with E-state index in [4.69, 9.17) is 4.74 Å². The molecule has 0 aliphatic carbocycles. The first-order chi connectivity index (χ1) is 13.9. The Morgan fingerprint density at radius 3 is 2.10 bits per heavy atom. The van der Waals surface area contributed by atoms with Crippen LogP contribution in [0.2, 0.25) is 0 Å². The molecule has 0 unspecified atom stereocenters. The van der Waals surface area contributed by atoms with Crippen LogP contribution in [0.1, 0.15) is 26.3 Å². The zero-order valence-electron chi connectivity index (χ0n) is 16.2. The molecule has 0 spiro atoms. The second-order valence-electron chi connectivity index (χ2n) is 5.87. The van der Waals surface area contributed by atoms with Crippen molar-refractivity contribution < 1.29 is 28.6 Å². The molecule has 8 nitrogen and oxygen atoms in total. The summed E-state index contributed by atoms with van der Waals surface area (Å²) in [5, 5.41) is 5.32. The van der Waals surface area contributed by atoms with Gasteiger partial charge in [-0.25, -0.2) is 14.4 Å². The molecular formula is C20H21BrN2O6. The van der Waals surface area contributed by atoms with Crippen molar-refractivity contribution in [2.45, 2.75) is 6.42 Å². The van der Waals surface area contributed by atoms with Crippen molar-refractivity contribution in [1.82, 2.24) is 5.32 Å². The summed E-state index contributed by atoms with van der Waals surface area (Å²) in [7, 11) is 4.03. The Morgan fingerprint density at radius 1 is 0.931 bits per heavy atom. The number of ether oxygens (including phenoxy) is 3. The molecule has 2 N–H and O–H groups in total. The maximum atomic E-state index is 12.2. The lowest BCUT2D eigenvalue weighted by Crippen LogP contribution is -2.30. The van der Waals surface area contributed by atoms with E-state index in [1.807, 2.05) is 18.2 Å². The summed E-state index contributed by atoms with van der Waals surface area (Å²) >= 11 is 3.41. The molecule has 2 rings (SSSR count). The lowest BCUT2D eigenvalue weighted by molar-refractivity contribution is 0.0599. The lowest BCUT2D eigenvalue weighted by atomic mass is 10.1. The van der Waals surface area contributed by atoms with E-state index in [9.17, 15) is 14.4 Å². The highest BCUT2D eigenvalue weighted by molar-refractivity contribution is 9.10. The predicted molar refractivity (Wildman–Crippen MR) is 111 cm³/mol. The summed E-state index contributed by atoms with van der Waals surface area (Å²) in [5.74, 6) is -0.550. The average Bonchev–Trinajstić information content (AvgIpc) is 2.72. The van der Waals surface area contributed by atoms with Gasteiger partial charge in [0.2, 0.25) is 0 Å². The highest BCUT2D eigenvalue weighted by Crippen LogP contribution is 2.23. The van der Waals surface area contributed by atoms with E-state index in [0.717, 1.165) is 15.8 Å². The first-order valence-corrected chi connectivity index (χ1v) is 9.36. The largest absolute Gasteiger partial charge is 0.496 e. The van der Waals surface area contributed by atoms with E-state index in [1.54, 1.807) is 7.11 Å². The Bertz CT molecular complexity index is 882. The zero-order chi connectivity index (χ0) is 21.4. The maximum Gasteiger partial charge on any atom is 0.337 e. The van der Waals surface area contributed by atoms with Crippen LogP contribution < -0.4 is 15.4 Å². The Hall–Kier alpha value is -3.07. The van der Waals surface area contributed by atoms with Gasteiger partial charge in [0.25, 0.3) is 0 Å². The van der Waals surface area contributed by atoms with E-state index < -0.39 is 18.0 Å². The number of urea groups is 1. The zero-order valence-corrected chi connectivity index (χ0v) is 17.8. The van der Waals surface area contributed by atoms with Crippen LogP contribution in [-0.4, -0.2) is 45.8 Å². The monoisotopic (exact) mass is 464 g/mol. The van der Waals surface area contributed by atoms with E-state index in [-0.39, 0.29) is 16.8 Å². The average molecular weight is 465 g/mol. The Kier molecular flexibility index (Phi) is 8.02. The maximum absolute atomic E-state index is 12.2. The van der Waals surface area contributed by atoms with Gasteiger partial charge in [0.1, 0.15) is 5.75 Å².